The third-order valence-corrected chi connectivity index (χ3v) is 7.00. The maximum atomic E-state index is 12.1. The SMILES string of the molecule is CCCC(CC)Cn1c2ccc(C=O)cc2c2cc(C(C)=NOC(=O)c3cccs3)ccc21. The summed E-state index contributed by atoms with van der Waals surface area (Å²) in [7, 11) is 0. The van der Waals surface area contributed by atoms with Crippen LogP contribution in [0.25, 0.3) is 21.8 Å². The van der Waals surface area contributed by atoms with Gasteiger partial charge in [0.1, 0.15) is 11.2 Å². The van der Waals surface area contributed by atoms with Crippen molar-refractivity contribution in [3.63, 3.8) is 0 Å². The molecule has 33 heavy (non-hydrogen) atoms. The summed E-state index contributed by atoms with van der Waals surface area (Å²) in [6.45, 7) is 7.24. The van der Waals surface area contributed by atoms with Gasteiger partial charge in [-0.05, 0) is 66.6 Å². The molecule has 0 aliphatic carbocycles. The van der Waals surface area contributed by atoms with Crippen molar-refractivity contribution in [3.05, 3.63) is 69.9 Å². The van der Waals surface area contributed by atoms with Crippen LogP contribution in [-0.4, -0.2) is 22.5 Å². The van der Waals surface area contributed by atoms with E-state index in [0.717, 1.165) is 53.0 Å². The number of rotatable bonds is 9. The highest BCUT2D eigenvalue weighted by Crippen LogP contribution is 2.32. The van der Waals surface area contributed by atoms with E-state index < -0.39 is 5.97 Å². The quantitative estimate of drug-likeness (QED) is 0.116. The Morgan fingerprint density at radius 3 is 2.55 bits per heavy atom. The van der Waals surface area contributed by atoms with E-state index in [-0.39, 0.29) is 0 Å². The highest BCUT2D eigenvalue weighted by atomic mass is 32.1. The summed E-state index contributed by atoms with van der Waals surface area (Å²) in [5.74, 6) is 0.137. The van der Waals surface area contributed by atoms with E-state index in [2.05, 4.69) is 35.7 Å². The van der Waals surface area contributed by atoms with Gasteiger partial charge in [-0.1, -0.05) is 44.0 Å². The van der Waals surface area contributed by atoms with Gasteiger partial charge in [-0.3, -0.25) is 4.79 Å². The van der Waals surface area contributed by atoms with E-state index in [9.17, 15) is 9.59 Å². The minimum absolute atomic E-state index is 0.459. The van der Waals surface area contributed by atoms with Gasteiger partial charge in [-0.2, -0.15) is 0 Å². The van der Waals surface area contributed by atoms with Gasteiger partial charge in [0.2, 0.25) is 0 Å². The van der Waals surface area contributed by atoms with Crippen molar-refractivity contribution >= 4 is 51.1 Å². The molecule has 0 spiro atoms. The molecule has 0 amide bonds. The van der Waals surface area contributed by atoms with Crippen molar-refractivity contribution in [2.45, 2.75) is 46.6 Å². The summed E-state index contributed by atoms with van der Waals surface area (Å²) in [5, 5.41) is 8.02. The summed E-state index contributed by atoms with van der Waals surface area (Å²) in [4.78, 5) is 29.2. The van der Waals surface area contributed by atoms with Crippen LogP contribution >= 0.6 is 11.3 Å². The van der Waals surface area contributed by atoms with Gasteiger partial charge in [0.15, 0.2) is 0 Å². The van der Waals surface area contributed by atoms with Crippen molar-refractivity contribution in [2.75, 3.05) is 0 Å². The molecule has 0 bridgehead atoms. The molecular weight excluding hydrogens is 432 g/mol. The molecule has 170 valence electrons. The van der Waals surface area contributed by atoms with Crippen molar-refractivity contribution in [1.82, 2.24) is 4.57 Å². The third-order valence-electron chi connectivity index (χ3n) is 6.15. The molecule has 0 radical (unpaired) electrons. The van der Waals surface area contributed by atoms with Gasteiger partial charge < -0.3 is 9.40 Å². The Kier molecular flexibility index (Phi) is 7.04. The summed E-state index contributed by atoms with van der Waals surface area (Å²) >= 11 is 1.32. The van der Waals surface area contributed by atoms with Crippen LogP contribution in [0, 0.1) is 5.92 Å². The molecule has 4 aromatic rings. The molecule has 2 aromatic carbocycles. The van der Waals surface area contributed by atoms with Crippen molar-refractivity contribution in [1.29, 1.82) is 0 Å². The zero-order chi connectivity index (χ0) is 23.4. The largest absolute Gasteiger partial charge is 0.375 e. The molecule has 0 saturated heterocycles. The summed E-state index contributed by atoms with van der Waals surface area (Å²) in [5.41, 5.74) is 4.41. The van der Waals surface area contributed by atoms with Gasteiger partial charge in [-0.15, -0.1) is 11.3 Å². The number of oxime groups is 1. The Balaban J connectivity index is 1.75. The molecule has 5 nitrogen and oxygen atoms in total. The second-order valence-electron chi connectivity index (χ2n) is 8.33. The first-order valence-electron chi connectivity index (χ1n) is 11.4. The lowest BCUT2D eigenvalue weighted by molar-refractivity contribution is 0.0522. The van der Waals surface area contributed by atoms with Gasteiger partial charge in [-0.25, -0.2) is 4.79 Å². The number of hydrogen-bond acceptors (Lipinski definition) is 5. The Morgan fingerprint density at radius 2 is 1.88 bits per heavy atom. The van der Waals surface area contributed by atoms with E-state index >= 15 is 0 Å². The Hall–Kier alpha value is -3.25. The molecule has 0 saturated carbocycles. The minimum atomic E-state index is -0.459. The first-order valence-corrected chi connectivity index (χ1v) is 12.2. The fourth-order valence-corrected chi connectivity index (χ4v) is 4.90. The molecule has 4 rings (SSSR count). The number of nitrogens with zero attached hydrogens (tertiary/aromatic N) is 2. The maximum absolute atomic E-state index is 12.1. The normalized spacial score (nSPS) is 12.9. The average Bonchev–Trinajstić information content (AvgIpc) is 3.48. The van der Waals surface area contributed by atoms with Crippen LogP contribution < -0.4 is 0 Å². The highest BCUT2D eigenvalue weighted by molar-refractivity contribution is 7.11. The first kappa shape index (κ1) is 22.9. The zero-order valence-corrected chi connectivity index (χ0v) is 20.0. The maximum Gasteiger partial charge on any atom is 0.375 e. The molecule has 2 heterocycles. The molecule has 0 fully saturated rings. The lowest BCUT2D eigenvalue weighted by Crippen LogP contribution is -2.09. The molecule has 0 N–H and O–H groups in total. The second kappa shape index (κ2) is 10.1. The fourth-order valence-electron chi connectivity index (χ4n) is 4.31. The monoisotopic (exact) mass is 460 g/mol. The number of benzene rings is 2. The number of aromatic nitrogens is 1. The number of carbonyl (C=O) groups excluding carboxylic acids is 2. The molecular formula is C27H28N2O3S. The topological polar surface area (TPSA) is 60.7 Å². The van der Waals surface area contributed by atoms with Gasteiger partial charge in [0.25, 0.3) is 0 Å². The molecule has 0 aliphatic heterocycles. The number of carbonyl (C=O) groups is 2. The van der Waals surface area contributed by atoms with Crippen LogP contribution in [-0.2, 0) is 11.4 Å². The summed E-state index contributed by atoms with van der Waals surface area (Å²) < 4.78 is 2.37. The third kappa shape index (κ3) is 4.76. The first-order chi connectivity index (χ1) is 16.0. The Labute approximate surface area is 197 Å². The van der Waals surface area contributed by atoms with Crippen LogP contribution in [0.4, 0.5) is 0 Å². The van der Waals surface area contributed by atoms with Crippen LogP contribution in [0.1, 0.15) is 65.6 Å². The fraction of sp³-hybridized carbons (Fsp3) is 0.296. The highest BCUT2D eigenvalue weighted by Gasteiger charge is 2.16. The predicted octanol–water partition coefficient (Wildman–Crippen LogP) is 7.08. The number of thiophene rings is 1. The Morgan fingerprint density at radius 1 is 1.12 bits per heavy atom. The molecule has 1 unspecified atom stereocenters. The van der Waals surface area contributed by atoms with E-state index in [1.54, 1.807) is 12.1 Å². The lowest BCUT2D eigenvalue weighted by atomic mass is 10.0. The summed E-state index contributed by atoms with van der Waals surface area (Å²) in [6.07, 6.45) is 4.36. The lowest BCUT2D eigenvalue weighted by Gasteiger charge is -2.17. The van der Waals surface area contributed by atoms with Gasteiger partial charge >= 0.3 is 5.97 Å². The predicted molar refractivity (Wildman–Crippen MR) is 135 cm³/mol. The van der Waals surface area contributed by atoms with Crippen molar-refractivity contribution in [2.24, 2.45) is 11.1 Å². The van der Waals surface area contributed by atoms with Crippen LogP contribution in [0.15, 0.2) is 59.1 Å². The second-order valence-corrected chi connectivity index (χ2v) is 9.28. The smallest absolute Gasteiger partial charge is 0.340 e. The average molecular weight is 461 g/mol. The van der Waals surface area contributed by atoms with Crippen molar-refractivity contribution in [3.8, 4) is 0 Å². The van der Waals surface area contributed by atoms with Crippen LogP contribution in [0.3, 0.4) is 0 Å². The van der Waals surface area contributed by atoms with E-state index in [4.69, 9.17) is 4.84 Å². The summed E-state index contributed by atoms with van der Waals surface area (Å²) in [6, 6.07) is 15.6. The Bertz CT molecular complexity index is 1320. The van der Waals surface area contributed by atoms with Crippen molar-refractivity contribution < 1.29 is 14.4 Å². The molecule has 2 aromatic heterocycles. The standard InChI is InChI=1S/C27H28N2O3S/c1-4-7-19(5-2)16-29-24-11-9-20(17-30)14-22(24)23-15-21(10-12-25(23)29)18(3)28-32-27(31)26-8-6-13-33-26/h6,8-15,17,19H,4-5,7,16H2,1-3H3. The van der Waals surface area contributed by atoms with E-state index in [0.29, 0.717) is 22.1 Å². The van der Waals surface area contributed by atoms with E-state index in [1.165, 1.54) is 17.8 Å². The van der Waals surface area contributed by atoms with Gasteiger partial charge in [0.05, 0.1) is 5.71 Å². The van der Waals surface area contributed by atoms with Gasteiger partial charge in [0, 0.05) is 33.9 Å². The number of hydrogen-bond donors (Lipinski definition) is 0. The molecule has 1 atom stereocenters. The van der Waals surface area contributed by atoms with Crippen LogP contribution in [0.2, 0.25) is 0 Å². The van der Waals surface area contributed by atoms with E-state index in [1.807, 2.05) is 36.6 Å². The molecule has 6 heteroatoms. The van der Waals surface area contributed by atoms with Crippen LogP contribution in [0.5, 0.6) is 0 Å². The zero-order valence-electron chi connectivity index (χ0n) is 19.2. The molecule has 0 aliphatic rings. The minimum Gasteiger partial charge on any atom is -0.340 e. The number of aldehydes is 1. The number of fused-ring (bicyclic) bond motifs is 3.